The largest absolute Gasteiger partial charge is 0.355 e. The number of carbonyl (C=O) groups is 1. The number of carbonyl (C=O) groups excluding carboxylic acids is 1. The van der Waals surface area contributed by atoms with Crippen LogP contribution in [0.3, 0.4) is 0 Å². The van der Waals surface area contributed by atoms with Crippen molar-refractivity contribution in [3.05, 3.63) is 35.0 Å². The van der Waals surface area contributed by atoms with Crippen LogP contribution in [0.5, 0.6) is 0 Å². The number of aromatic nitrogens is 1. The number of pyridine rings is 1. The quantitative estimate of drug-likeness (QED) is 0.658. The van der Waals surface area contributed by atoms with Crippen LogP contribution in [-0.4, -0.2) is 54.6 Å². The molecule has 4 heterocycles. The third-order valence-corrected chi connectivity index (χ3v) is 10.4. The number of rotatable bonds is 3. The third kappa shape index (κ3) is 3.09. The number of hydrazine groups is 1. The molecule has 3 saturated heterocycles. The molecule has 1 aromatic heterocycles. The lowest BCUT2D eigenvalue weighted by atomic mass is 9.65. The summed E-state index contributed by atoms with van der Waals surface area (Å²) in [6.07, 6.45) is 8.59. The van der Waals surface area contributed by atoms with Crippen molar-refractivity contribution in [1.82, 2.24) is 20.7 Å². The standard InChI is InChI=1S/C28H36N6O/c1-3-22(35)34-14-28(15-34)8-9-33(13-28)27-19(11-29)25(24-17-5-6-18(10-17)26(24)31-27)23-16(2)4-7-21-20(23)12-30-32-21/h3,16-18,20-21,23,30,32H,1,4-10,12-15H2,2H3/t16?,17-,18+,20?,21?,23?/m1/s1. The molecule has 4 unspecified atom stereocenters. The first kappa shape index (κ1) is 21.8. The summed E-state index contributed by atoms with van der Waals surface area (Å²) in [5.74, 6) is 3.62. The molecule has 2 bridgehead atoms. The number of nitriles is 1. The zero-order chi connectivity index (χ0) is 23.9. The Kier molecular flexibility index (Phi) is 4.85. The lowest BCUT2D eigenvalue weighted by Gasteiger charge is -2.47. The van der Waals surface area contributed by atoms with Gasteiger partial charge in [-0.1, -0.05) is 13.5 Å². The molecule has 35 heavy (non-hydrogen) atoms. The van der Waals surface area contributed by atoms with Gasteiger partial charge in [0.2, 0.25) is 5.91 Å². The average Bonchev–Trinajstić information content (AvgIpc) is 3.64. The average molecular weight is 473 g/mol. The van der Waals surface area contributed by atoms with Crippen LogP contribution in [0.4, 0.5) is 5.82 Å². The van der Waals surface area contributed by atoms with E-state index in [9.17, 15) is 10.1 Å². The molecule has 2 saturated carbocycles. The van der Waals surface area contributed by atoms with E-state index in [2.05, 4.69) is 35.3 Å². The smallest absolute Gasteiger partial charge is 0.245 e. The molecule has 1 aromatic rings. The summed E-state index contributed by atoms with van der Waals surface area (Å²) >= 11 is 0. The van der Waals surface area contributed by atoms with E-state index in [1.165, 1.54) is 55.0 Å². The van der Waals surface area contributed by atoms with Crippen molar-refractivity contribution in [3.63, 3.8) is 0 Å². The summed E-state index contributed by atoms with van der Waals surface area (Å²) < 4.78 is 0. The highest BCUT2D eigenvalue weighted by Crippen LogP contribution is 2.58. The number of fused-ring (bicyclic) bond motifs is 6. The Morgan fingerprint density at radius 3 is 2.83 bits per heavy atom. The van der Waals surface area contributed by atoms with Gasteiger partial charge >= 0.3 is 0 Å². The van der Waals surface area contributed by atoms with E-state index in [4.69, 9.17) is 4.98 Å². The molecular weight excluding hydrogens is 436 g/mol. The van der Waals surface area contributed by atoms with Gasteiger partial charge in [0.15, 0.2) is 0 Å². The summed E-state index contributed by atoms with van der Waals surface area (Å²) in [7, 11) is 0. The lowest BCUT2D eigenvalue weighted by molar-refractivity contribution is -0.136. The molecule has 7 nitrogen and oxygen atoms in total. The van der Waals surface area contributed by atoms with Crippen LogP contribution in [-0.2, 0) is 4.79 Å². The summed E-state index contributed by atoms with van der Waals surface area (Å²) in [4.78, 5) is 21.7. The fraction of sp³-hybridized carbons (Fsp3) is 0.679. The number of nitrogens with zero attached hydrogens (tertiary/aromatic N) is 4. The maximum absolute atomic E-state index is 12.1. The van der Waals surface area contributed by atoms with Gasteiger partial charge in [-0.05, 0) is 79.4 Å². The van der Waals surface area contributed by atoms with E-state index >= 15 is 0 Å². The molecule has 5 fully saturated rings. The zero-order valence-corrected chi connectivity index (χ0v) is 20.7. The number of likely N-dealkylation sites (tertiary alicyclic amines) is 1. The number of nitrogens with one attached hydrogen (secondary N) is 2. The van der Waals surface area contributed by atoms with Crippen LogP contribution in [0.1, 0.15) is 85.6 Å². The summed E-state index contributed by atoms with van der Waals surface area (Å²) in [6.45, 7) is 10.4. The molecule has 7 heteroatoms. The normalized spacial score (nSPS) is 36.1. The molecule has 0 radical (unpaired) electrons. The molecule has 6 atom stereocenters. The van der Waals surface area contributed by atoms with E-state index in [-0.39, 0.29) is 11.3 Å². The molecule has 2 N–H and O–H groups in total. The number of amides is 1. The van der Waals surface area contributed by atoms with Gasteiger partial charge in [0.05, 0.1) is 5.56 Å². The summed E-state index contributed by atoms with van der Waals surface area (Å²) in [5, 5.41) is 10.7. The van der Waals surface area contributed by atoms with E-state index in [0.717, 1.165) is 50.5 Å². The lowest BCUT2D eigenvalue weighted by Crippen LogP contribution is -2.59. The summed E-state index contributed by atoms with van der Waals surface area (Å²) in [6, 6.07) is 3.20. The molecule has 0 aromatic carbocycles. The van der Waals surface area contributed by atoms with Gasteiger partial charge < -0.3 is 9.80 Å². The van der Waals surface area contributed by atoms with Crippen molar-refractivity contribution >= 4 is 11.7 Å². The minimum Gasteiger partial charge on any atom is -0.355 e. The first-order valence-electron chi connectivity index (χ1n) is 13.6. The number of hydrogen-bond donors (Lipinski definition) is 2. The number of hydrogen-bond acceptors (Lipinski definition) is 6. The zero-order valence-electron chi connectivity index (χ0n) is 20.7. The van der Waals surface area contributed by atoms with Crippen molar-refractivity contribution in [2.45, 2.75) is 69.2 Å². The Bertz CT molecular complexity index is 1130. The van der Waals surface area contributed by atoms with Crippen molar-refractivity contribution in [3.8, 4) is 6.07 Å². The van der Waals surface area contributed by atoms with Crippen molar-refractivity contribution in [2.75, 3.05) is 37.6 Å². The maximum Gasteiger partial charge on any atom is 0.245 e. The Morgan fingerprint density at radius 1 is 1.20 bits per heavy atom. The molecule has 1 spiro atoms. The number of anilines is 1. The monoisotopic (exact) mass is 472 g/mol. The Balaban J connectivity index is 1.30. The highest BCUT2D eigenvalue weighted by atomic mass is 16.2. The molecule has 1 amide bonds. The Morgan fingerprint density at radius 2 is 2.03 bits per heavy atom. The molecule has 184 valence electrons. The maximum atomic E-state index is 12.1. The minimum absolute atomic E-state index is 0.0281. The summed E-state index contributed by atoms with van der Waals surface area (Å²) in [5.41, 5.74) is 12.1. The first-order chi connectivity index (χ1) is 17.0. The van der Waals surface area contributed by atoms with Crippen LogP contribution in [0, 0.1) is 28.6 Å². The van der Waals surface area contributed by atoms with E-state index < -0.39 is 0 Å². The van der Waals surface area contributed by atoms with Gasteiger partial charge in [-0.2, -0.15) is 5.26 Å². The predicted octanol–water partition coefficient (Wildman–Crippen LogP) is 3.15. The van der Waals surface area contributed by atoms with Crippen LogP contribution >= 0.6 is 0 Å². The SMILES string of the molecule is C=CC(=O)N1CC2(CCN(c3nc4c(c(C5C(C)CCC6NNCC65)c3C#N)[C@@H]3CC[C@H]4C3)C2)C1. The van der Waals surface area contributed by atoms with Gasteiger partial charge in [0.25, 0.3) is 0 Å². The molecular formula is C28H36N6O. The van der Waals surface area contributed by atoms with Crippen molar-refractivity contribution < 1.29 is 4.79 Å². The molecule has 7 rings (SSSR count). The van der Waals surface area contributed by atoms with Crippen LogP contribution < -0.4 is 15.8 Å². The van der Waals surface area contributed by atoms with Gasteiger partial charge in [-0.15, -0.1) is 0 Å². The van der Waals surface area contributed by atoms with E-state index in [1.807, 2.05) is 4.90 Å². The fourth-order valence-electron chi connectivity index (χ4n) is 8.73. The predicted molar refractivity (Wildman–Crippen MR) is 134 cm³/mol. The van der Waals surface area contributed by atoms with Gasteiger partial charge in [-0.25, -0.2) is 4.98 Å². The topological polar surface area (TPSA) is 84.3 Å². The van der Waals surface area contributed by atoms with Gasteiger partial charge in [0.1, 0.15) is 11.9 Å². The van der Waals surface area contributed by atoms with Crippen molar-refractivity contribution in [1.29, 1.82) is 5.26 Å². The second-order valence-electron chi connectivity index (χ2n) is 12.3. The second-order valence-corrected chi connectivity index (χ2v) is 12.3. The first-order valence-corrected chi connectivity index (χ1v) is 13.6. The van der Waals surface area contributed by atoms with Gasteiger partial charge in [0, 0.05) is 55.8 Å². The Hall–Kier alpha value is -2.43. The van der Waals surface area contributed by atoms with Gasteiger partial charge in [-0.3, -0.25) is 15.6 Å². The van der Waals surface area contributed by atoms with Crippen LogP contribution in [0.25, 0.3) is 0 Å². The van der Waals surface area contributed by atoms with Crippen LogP contribution in [0.15, 0.2) is 12.7 Å². The third-order valence-electron chi connectivity index (χ3n) is 10.4. The molecule has 6 aliphatic rings. The fourth-order valence-corrected chi connectivity index (χ4v) is 8.73. The van der Waals surface area contributed by atoms with Crippen LogP contribution in [0.2, 0.25) is 0 Å². The van der Waals surface area contributed by atoms with Crippen molar-refractivity contribution in [2.24, 2.45) is 17.3 Å². The molecule has 3 aliphatic heterocycles. The van der Waals surface area contributed by atoms with E-state index in [1.54, 1.807) is 0 Å². The van der Waals surface area contributed by atoms with E-state index in [0.29, 0.717) is 35.6 Å². The highest BCUT2D eigenvalue weighted by Gasteiger charge is 2.52. The highest BCUT2D eigenvalue weighted by molar-refractivity contribution is 5.87. The second kappa shape index (κ2) is 7.78. The molecule has 3 aliphatic carbocycles. The Labute approximate surface area is 207 Å². The minimum atomic E-state index is 0.0281.